The first-order valence-corrected chi connectivity index (χ1v) is 3.44. The molecule has 0 atom stereocenters. The molecule has 1 rings (SSSR count). The van der Waals surface area contributed by atoms with E-state index in [1.807, 2.05) is 5.92 Å². The molecule has 0 aliphatic rings. The summed E-state index contributed by atoms with van der Waals surface area (Å²) in [5.41, 5.74) is -0.112. The molecule has 0 aromatic heterocycles. The average molecular weight is 204 g/mol. The molecule has 0 amide bonds. The van der Waals surface area contributed by atoms with Crippen molar-refractivity contribution in [1.82, 2.24) is 0 Å². The highest BCUT2D eigenvalue weighted by Crippen LogP contribution is 2.24. The maximum atomic E-state index is 12.8. The fourth-order valence-corrected chi connectivity index (χ4v) is 0.810. The van der Waals surface area contributed by atoms with Gasteiger partial charge in [-0.05, 0) is 12.1 Å². The molecule has 0 saturated carbocycles. The molecular weight excluding hydrogens is 200 g/mol. The van der Waals surface area contributed by atoms with Gasteiger partial charge < -0.3 is 4.74 Å². The molecule has 0 bridgehead atoms. The van der Waals surface area contributed by atoms with Gasteiger partial charge in [0.25, 0.3) is 0 Å². The van der Waals surface area contributed by atoms with Gasteiger partial charge in [-0.25, -0.2) is 4.39 Å². The molecule has 0 radical (unpaired) electrons. The second kappa shape index (κ2) is 3.58. The summed E-state index contributed by atoms with van der Waals surface area (Å²) in [4.78, 5) is 0. The number of ether oxygens (including phenoxy) is 1. The summed E-state index contributed by atoms with van der Waals surface area (Å²) in [6.45, 7) is 0. The fourth-order valence-electron chi connectivity index (χ4n) is 0.810. The molecular formula is C9H4F4O. The van der Waals surface area contributed by atoms with Crippen LogP contribution in [0.4, 0.5) is 17.6 Å². The molecule has 0 heterocycles. The largest absolute Gasteiger partial charge is 0.573 e. The lowest BCUT2D eigenvalue weighted by Gasteiger charge is -2.08. The number of hydrogen-bond donors (Lipinski definition) is 0. The fraction of sp³-hybridized carbons (Fsp3) is 0.111. The minimum Gasteiger partial charge on any atom is -0.406 e. The first-order valence-electron chi connectivity index (χ1n) is 3.44. The molecule has 1 nitrogen and oxygen atoms in total. The zero-order chi connectivity index (χ0) is 10.8. The van der Waals surface area contributed by atoms with E-state index < -0.39 is 17.9 Å². The normalized spacial score (nSPS) is 10.8. The van der Waals surface area contributed by atoms with Crippen LogP contribution in [0.1, 0.15) is 5.56 Å². The van der Waals surface area contributed by atoms with E-state index in [4.69, 9.17) is 6.42 Å². The van der Waals surface area contributed by atoms with Crippen molar-refractivity contribution < 1.29 is 22.3 Å². The molecule has 14 heavy (non-hydrogen) atoms. The summed E-state index contributed by atoms with van der Waals surface area (Å²) < 4.78 is 51.3. The predicted molar refractivity (Wildman–Crippen MR) is 41.0 cm³/mol. The Bertz CT molecular complexity index is 375. The van der Waals surface area contributed by atoms with Gasteiger partial charge in [0.05, 0.1) is 5.56 Å². The lowest BCUT2D eigenvalue weighted by Crippen LogP contribution is -2.17. The number of alkyl halides is 3. The topological polar surface area (TPSA) is 9.23 Å². The van der Waals surface area contributed by atoms with E-state index in [9.17, 15) is 17.6 Å². The molecule has 0 spiro atoms. The molecule has 0 aliphatic heterocycles. The number of terminal acetylenes is 1. The third-order valence-electron chi connectivity index (χ3n) is 1.33. The van der Waals surface area contributed by atoms with Gasteiger partial charge in [-0.2, -0.15) is 0 Å². The van der Waals surface area contributed by atoms with Gasteiger partial charge in [-0.3, -0.25) is 0 Å². The molecule has 0 unspecified atom stereocenters. The molecule has 0 aliphatic carbocycles. The predicted octanol–water partition coefficient (Wildman–Crippen LogP) is 2.71. The zero-order valence-electron chi connectivity index (χ0n) is 6.73. The monoisotopic (exact) mass is 204 g/mol. The Balaban J connectivity index is 2.94. The maximum Gasteiger partial charge on any atom is 0.573 e. The van der Waals surface area contributed by atoms with Crippen LogP contribution >= 0.6 is 0 Å². The highest BCUT2D eigenvalue weighted by Gasteiger charge is 2.31. The van der Waals surface area contributed by atoms with Crippen molar-refractivity contribution in [3.8, 4) is 18.1 Å². The Kier molecular flexibility index (Phi) is 2.65. The summed E-state index contributed by atoms with van der Waals surface area (Å²) in [5, 5.41) is 0. The van der Waals surface area contributed by atoms with Crippen LogP contribution in [0.15, 0.2) is 18.2 Å². The SMILES string of the molecule is C#Cc1ccc(OC(F)(F)F)cc1F. The minimum atomic E-state index is -4.83. The summed E-state index contributed by atoms with van der Waals surface area (Å²) in [6.07, 6.45) is 0.0457. The van der Waals surface area contributed by atoms with Crippen molar-refractivity contribution >= 4 is 0 Å². The Morgan fingerprint density at radius 2 is 1.93 bits per heavy atom. The minimum absolute atomic E-state index is 0.112. The Morgan fingerprint density at radius 3 is 2.36 bits per heavy atom. The van der Waals surface area contributed by atoms with Gasteiger partial charge in [-0.1, -0.05) is 5.92 Å². The van der Waals surface area contributed by atoms with Gasteiger partial charge in [0.2, 0.25) is 0 Å². The van der Waals surface area contributed by atoms with Gasteiger partial charge in [0, 0.05) is 6.07 Å². The van der Waals surface area contributed by atoms with Gasteiger partial charge in [0.15, 0.2) is 0 Å². The smallest absolute Gasteiger partial charge is 0.406 e. The van der Waals surface area contributed by atoms with E-state index >= 15 is 0 Å². The molecule has 5 heteroatoms. The van der Waals surface area contributed by atoms with Crippen molar-refractivity contribution in [3.63, 3.8) is 0 Å². The van der Waals surface area contributed by atoms with Gasteiger partial charge in [0.1, 0.15) is 11.6 Å². The van der Waals surface area contributed by atoms with Crippen LogP contribution < -0.4 is 4.74 Å². The number of hydrogen-bond acceptors (Lipinski definition) is 1. The first kappa shape index (κ1) is 10.4. The molecule has 1 aromatic rings. The second-order valence-electron chi connectivity index (χ2n) is 2.33. The lowest BCUT2D eigenvalue weighted by molar-refractivity contribution is -0.274. The van der Waals surface area contributed by atoms with E-state index in [0.717, 1.165) is 12.1 Å². The summed E-state index contributed by atoms with van der Waals surface area (Å²) in [5.74, 6) is 0.421. The number of benzene rings is 1. The van der Waals surface area contributed by atoms with Crippen LogP contribution in [0.3, 0.4) is 0 Å². The van der Waals surface area contributed by atoms with Crippen LogP contribution in [0.2, 0.25) is 0 Å². The van der Waals surface area contributed by atoms with E-state index in [-0.39, 0.29) is 5.56 Å². The second-order valence-corrected chi connectivity index (χ2v) is 2.33. The Morgan fingerprint density at radius 1 is 1.29 bits per heavy atom. The number of halogens is 4. The third-order valence-corrected chi connectivity index (χ3v) is 1.33. The maximum absolute atomic E-state index is 12.8. The van der Waals surface area contributed by atoms with E-state index in [1.54, 1.807) is 0 Å². The van der Waals surface area contributed by atoms with Crippen LogP contribution in [0.25, 0.3) is 0 Å². The van der Waals surface area contributed by atoms with E-state index in [2.05, 4.69) is 4.74 Å². The Hall–Kier alpha value is -1.70. The van der Waals surface area contributed by atoms with Crippen molar-refractivity contribution in [2.75, 3.05) is 0 Å². The highest BCUT2D eigenvalue weighted by molar-refractivity contribution is 5.38. The van der Waals surface area contributed by atoms with Crippen molar-refractivity contribution in [2.24, 2.45) is 0 Å². The quantitative estimate of drug-likeness (QED) is 0.504. The molecule has 0 fully saturated rings. The molecule has 74 valence electrons. The summed E-state index contributed by atoms with van der Waals surface area (Å²) in [7, 11) is 0. The van der Waals surface area contributed by atoms with E-state index in [1.165, 1.54) is 0 Å². The van der Waals surface area contributed by atoms with Crippen molar-refractivity contribution in [3.05, 3.63) is 29.6 Å². The van der Waals surface area contributed by atoms with Crippen LogP contribution in [-0.4, -0.2) is 6.36 Å². The Labute approximate surface area is 77.3 Å². The standard InChI is InChI=1S/C9H4F4O/c1-2-6-3-4-7(5-8(6)10)14-9(11,12)13/h1,3-5H. The zero-order valence-corrected chi connectivity index (χ0v) is 6.73. The molecule has 1 aromatic carbocycles. The average Bonchev–Trinajstić information content (AvgIpc) is 2.01. The van der Waals surface area contributed by atoms with Crippen molar-refractivity contribution in [2.45, 2.75) is 6.36 Å². The van der Waals surface area contributed by atoms with Crippen molar-refractivity contribution in [1.29, 1.82) is 0 Å². The first-order chi connectivity index (χ1) is 6.42. The molecule has 0 N–H and O–H groups in total. The van der Waals surface area contributed by atoms with Gasteiger partial charge >= 0.3 is 6.36 Å². The van der Waals surface area contributed by atoms with E-state index in [0.29, 0.717) is 6.07 Å². The third kappa shape index (κ3) is 2.66. The number of rotatable bonds is 1. The lowest BCUT2D eigenvalue weighted by atomic mass is 10.2. The summed E-state index contributed by atoms with van der Waals surface area (Å²) >= 11 is 0. The van der Waals surface area contributed by atoms with Crippen LogP contribution in [-0.2, 0) is 0 Å². The highest BCUT2D eigenvalue weighted by atomic mass is 19.4. The summed E-state index contributed by atoms with van der Waals surface area (Å²) in [6, 6.07) is 2.57. The van der Waals surface area contributed by atoms with Gasteiger partial charge in [-0.15, -0.1) is 19.6 Å². The van der Waals surface area contributed by atoms with Crippen LogP contribution in [0, 0.1) is 18.2 Å². The molecule has 0 saturated heterocycles. The van der Waals surface area contributed by atoms with Crippen LogP contribution in [0.5, 0.6) is 5.75 Å².